The first-order valence-electron chi connectivity index (χ1n) is 6.82. The monoisotopic (exact) mass is 311 g/mol. The lowest BCUT2D eigenvalue weighted by Crippen LogP contribution is -2.34. The second-order valence-electron chi connectivity index (χ2n) is 5.46. The van der Waals surface area contributed by atoms with E-state index in [1.807, 2.05) is 12.1 Å². The molecule has 2 rings (SSSR count). The molecule has 1 fully saturated rings. The summed E-state index contributed by atoms with van der Waals surface area (Å²) in [5, 5.41) is 13.1. The molecule has 1 aromatic rings. The molecule has 1 unspecified atom stereocenters. The van der Waals surface area contributed by atoms with Gasteiger partial charge in [-0.1, -0.05) is 35.7 Å². The Balaban J connectivity index is 1.94. The van der Waals surface area contributed by atoms with Gasteiger partial charge in [0.25, 0.3) is 0 Å². The summed E-state index contributed by atoms with van der Waals surface area (Å²) >= 11 is 3.43. The Hall–Kier alpha value is -0.540. The van der Waals surface area contributed by atoms with Gasteiger partial charge in [0.2, 0.25) is 0 Å². The minimum Gasteiger partial charge on any atom is -0.394 e. The van der Waals surface area contributed by atoms with Gasteiger partial charge in [-0.2, -0.15) is 0 Å². The van der Waals surface area contributed by atoms with Gasteiger partial charge in [0, 0.05) is 10.2 Å². The van der Waals surface area contributed by atoms with E-state index >= 15 is 0 Å². The van der Waals surface area contributed by atoms with Gasteiger partial charge in [0.1, 0.15) is 0 Å². The van der Waals surface area contributed by atoms with Crippen LogP contribution >= 0.6 is 15.9 Å². The molecule has 0 bridgehead atoms. The van der Waals surface area contributed by atoms with Gasteiger partial charge in [-0.05, 0) is 48.9 Å². The van der Waals surface area contributed by atoms with Crippen molar-refractivity contribution < 1.29 is 5.11 Å². The second-order valence-corrected chi connectivity index (χ2v) is 6.38. The normalized spacial score (nSPS) is 25.7. The second kappa shape index (κ2) is 6.58. The number of benzene rings is 1. The fraction of sp³-hybridized carbons (Fsp3) is 0.600. The lowest BCUT2D eigenvalue weighted by molar-refractivity contribution is 0.193. The van der Waals surface area contributed by atoms with Crippen molar-refractivity contribution in [2.45, 2.75) is 38.6 Å². The highest BCUT2D eigenvalue weighted by Gasteiger charge is 2.25. The van der Waals surface area contributed by atoms with Crippen LogP contribution in [0.4, 0.5) is 5.69 Å². The SMILES string of the molecule is CC1CCC(C(CO)Nc2ccc(Br)cc2)CC1. The molecule has 1 aliphatic carbocycles. The molecule has 0 amide bonds. The average Bonchev–Trinajstić information content (AvgIpc) is 2.39. The molecule has 1 aliphatic rings. The van der Waals surface area contributed by atoms with Crippen LogP contribution in [-0.2, 0) is 0 Å². The molecular formula is C15H22BrNO. The zero-order valence-corrected chi connectivity index (χ0v) is 12.5. The van der Waals surface area contributed by atoms with Crippen molar-refractivity contribution in [2.24, 2.45) is 11.8 Å². The van der Waals surface area contributed by atoms with Crippen LogP contribution in [-0.4, -0.2) is 17.8 Å². The Morgan fingerprint density at radius 3 is 2.39 bits per heavy atom. The summed E-state index contributed by atoms with van der Waals surface area (Å²) < 4.78 is 1.08. The summed E-state index contributed by atoms with van der Waals surface area (Å²) in [6, 6.07) is 8.36. The van der Waals surface area contributed by atoms with E-state index in [1.54, 1.807) is 0 Å². The van der Waals surface area contributed by atoms with Crippen LogP contribution < -0.4 is 5.32 Å². The van der Waals surface area contributed by atoms with Crippen molar-refractivity contribution in [3.63, 3.8) is 0 Å². The third-order valence-corrected chi connectivity index (χ3v) is 4.55. The maximum Gasteiger partial charge on any atom is 0.0635 e. The number of aliphatic hydroxyl groups excluding tert-OH is 1. The van der Waals surface area contributed by atoms with E-state index in [9.17, 15) is 5.11 Å². The van der Waals surface area contributed by atoms with Gasteiger partial charge in [-0.25, -0.2) is 0 Å². The van der Waals surface area contributed by atoms with Crippen molar-refractivity contribution in [2.75, 3.05) is 11.9 Å². The molecule has 100 valence electrons. The van der Waals surface area contributed by atoms with Crippen molar-refractivity contribution in [3.8, 4) is 0 Å². The van der Waals surface area contributed by atoms with Gasteiger partial charge < -0.3 is 10.4 Å². The Kier molecular flexibility index (Phi) is 5.07. The van der Waals surface area contributed by atoms with Crippen molar-refractivity contribution in [1.29, 1.82) is 0 Å². The lowest BCUT2D eigenvalue weighted by atomic mass is 9.79. The summed E-state index contributed by atoms with van der Waals surface area (Å²) in [6.45, 7) is 2.54. The number of hydrogen-bond acceptors (Lipinski definition) is 2. The molecule has 1 saturated carbocycles. The molecule has 0 radical (unpaired) electrons. The molecule has 0 aliphatic heterocycles. The van der Waals surface area contributed by atoms with Crippen LogP contribution in [0, 0.1) is 11.8 Å². The highest BCUT2D eigenvalue weighted by molar-refractivity contribution is 9.10. The Morgan fingerprint density at radius 2 is 1.83 bits per heavy atom. The number of nitrogens with one attached hydrogen (secondary N) is 1. The summed E-state index contributed by atoms with van der Waals surface area (Å²) in [7, 11) is 0. The highest BCUT2D eigenvalue weighted by atomic mass is 79.9. The molecule has 0 heterocycles. The minimum atomic E-state index is 0.193. The minimum absolute atomic E-state index is 0.193. The van der Waals surface area contributed by atoms with E-state index in [2.05, 4.69) is 40.3 Å². The molecule has 1 atom stereocenters. The van der Waals surface area contributed by atoms with Crippen LogP contribution in [0.5, 0.6) is 0 Å². The summed E-state index contributed by atoms with van der Waals surface area (Å²) in [6.07, 6.45) is 5.05. The molecule has 2 N–H and O–H groups in total. The van der Waals surface area contributed by atoms with Crippen LogP contribution in [0.3, 0.4) is 0 Å². The topological polar surface area (TPSA) is 32.3 Å². The van der Waals surface area contributed by atoms with Crippen molar-refractivity contribution in [3.05, 3.63) is 28.7 Å². The smallest absolute Gasteiger partial charge is 0.0635 e. The predicted molar refractivity (Wildman–Crippen MR) is 79.8 cm³/mol. The fourth-order valence-electron chi connectivity index (χ4n) is 2.76. The Labute approximate surface area is 118 Å². The van der Waals surface area contributed by atoms with Gasteiger partial charge in [-0.3, -0.25) is 0 Å². The van der Waals surface area contributed by atoms with Gasteiger partial charge in [-0.15, -0.1) is 0 Å². The zero-order valence-electron chi connectivity index (χ0n) is 10.9. The van der Waals surface area contributed by atoms with Gasteiger partial charge >= 0.3 is 0 Å². The standard InChI is InChI=1S/C15H22BrNO/c1-11-2-4-12(5-3-11)15(10-18)17-14-8-6-13(16)7-9-14/h6-9,11-12,15,17-18H,2-5,10H2,1H3. The summed E-state index contributed by atoms with van der Waals surface area (Å²) in [5.74, 6) is 1.46. The number of hydrogen-bond donors (Lipinski definition) is 2. The molecule has 0 aromatic heterocycles. The molecule has 18 heavy (non-hydrogen) atoms. The maximum absolute atomic E-state index is 9.59. The van der Waals surface area contributed by atoms with E-state index < -0.39 is 0 Å². The number of aliphatic hydroxyl groups is 1. The zero-order chi connectivity index (χ0) is 13.0. The molecule has 1 aromatic carbocycles. The molecule has 3 heteroatoms. The van der Waals surface area contributed by atoms with E-state index in [4.69, 9.17) is 0 Å². The van der Waals surface area contributed by atoms with Crippen LogP contribution in [0.25, 0.3) is 0 Å². The number of halogens is 1. The van der Waals surface area contributed by atoms with E-state index in [0.29, 0.717) is 5.92 Å². The maximum atomic E-state index is 9.59. The summed E-state index contributed by atoms with van der Waals surface area (Å²) in [4.78, 5) is 0. The van der Waals surface area contributed by atoms with Crippen LogP contribution in [0.15, 0.2) is 28.7 Å². The predicted octanol–water partition coefficient (Wildman–Crippen LogP) is 4.05. The lowest BCUT2D eigenvalue weighted by Gasteiger charge is -2.32. The quantitative estimate of drug-likeness (QED) is 0.879. The van der Waals surface area contributed by atoms with Gasteiger partial charge in [0.15, 0.2) is 0 Å². The first-order valence-corrected chi connectivity index (χ1v) is 7.61. The Morgan fingerprint density at radius 1 is 1.22 bits per heavy atom. The average molecular weight is 312 g/mol. The first kappa shape index (κ1) is 13.9. The molecular weight excluding hydrogens is 290 g/mol. The third kappa shape index (κ3) is 3.72. The van der Waals surface area contributed by atoms with E-state index in [0.717, 1.165) is 16.1 Å². The third-order valence-electron chi connectivity index (χ3n) is 4.02. The van der Waals surface area contributed by atoms with Crippen LogP contribution in [0.2, 0.25) is 0 Å². The van der Waals surface area contributed by atoms with Crippen molar-refractivity contribution in [1.82, 2.24) is 0 Å². The van der Waals surface area contributed by atoms with Crippen molar-refractivity contribution >= 4 is 21.6 Å². The Bertz CT molecular complexity index is 357. The molecule has 2 nitrogen and oxygen atoms in total. The van der Waals surface area contributed by atoms with Gasteiger partial charge in [0.05, 0.1) is 12.6 Å². The number of anilines is 1. The molecule has 0 spiro atoms. The highest BCUT2D eigenvalue weighted by Crippen LogP contribution is 2.31. The number of rotatable bonds is 4. The summed E-state index contributed by atoms with van der Waals surface area (Å²) in [5.41, 5.74) is 1.09. The fourth-order valence-corrected chi connectivity index (χ4v) is 3.03. The van der Waals surface area contributed by atoms with E-state index in [1.165, 1.54) is 25.7 Å². The van der Waals surface area contributed by atoms with Crippen LogP contribution in [0.1, 0.15) is 32.6 Å². The first-order chi connectivity index (χ1) is 8.69. The molecule has 0 saturated heterocycles. The largest absolute Gasteiger partial charge is 0.394 e. The van der Waals surface area contributed by atoms with E-state index in [-0.39, 0.29) is 12.6 Å².